The van der Waals surface area contributed by atoms with Crippen molar-refractivity contribution in [3.8, 4) is 0 Å². The normalized spacial score (nSPS) is 20.3. The molecule has 2 fully saturated rings. The molecule has 1 aliphatic heterocycles. The lowest BCUT2D eigenvalue weighted by Gasteiger charge is -2.32. The van der Waals surface area contributed by atoms with Gasteiger partial charge in [-0.25, -0.2) is 0 Å². The van der Waals surface area contributed by atoms with Gasteiger partial charge in [-0.15, -0.1) is 0 Å². The summed E-state index contributed by atoms with van der Waals surface area (Å²) in [5.74, 6) is 0.908. The van der Waals surface area contributed by atoms with E-state index in [1.165, 1.54) is 0 Å². The van der Waals surface area contributed by atoms with Crippen LogP contribution >= 0.6 is 0 Å². The van der Waals surface area contributed by atoms with E-state index in [1.54, 1.807) is 0 Å². The molecule has 5 nitrogen and oxygen atoms in total. The van der Waals surface area contributed by atoms with Crippen molar-refractivity contribution in [2.45, 2.75) is 32.7 Å². The van der Waals surface area contributed by atoms with Gasteiger partial charge >= 0.3 is 0 Å². The number of carbonyl (C=O) groups excluding carboxylic acids is 2. The Hall–Kier alpha value is -1.88. The Morgan fingerprint density at radius 2 is 1.78 bits per heavy atom. The fourth-order valence-electron chi connectivity index (χ4n) is 2.75. The number of rotatable bonds is 6. The van der Waals surface area contributed by atoms with Crippen LogP contribution in [0.15, 0.2) is 24.3 Å². The fraction of sp³-hybridized carbons (Fsp3) is 0.556. The van der Waals surface area contributed by atoms with E-state index in [0.29, 0.717) is 5.92 Å². The van der Waals surface area contributed by atoms with Crippen molar-refractivity contribution < 1.29 is 9.59 Å². The maximum Gasteiger partial charge on any atom is 0.227 e. The second-order valence-electron chi connectivity index (χ2n) is 6.82. The van der Waals surface area contributed by atoms with Gasteiger partial charge in [-0.2, -0.15) is 0 Å². The van der Waals surface area contributed by atoms with E-state index in [4.69, 9.17) is 0 Å². The molecular weight excluding hydrogens is 290 g/mol. The number of hydrogen-bond acceptors (Lipinski definition) is 3. The molecule has 1 aliphatic carbocycles. The molecule has 2 atom stereocenters. The zero-order chi connectivity index (χ0) is 16.4. The van der Waals surface area contributed by atoms with Crippen LogP contribution < -0.4 is 16.0 Å². The van der Waals surface area contributed by atoms with Crippen LogP contribution in [0.5, 0.6) is 0 Å². The van der Waals surface area contributed by atoms with Crippen LogP contribution in [0, 0.1) is 17.8 Å². The summed E-state index contributed by atoms with van der Waals surface area (Å²) in [6, 6.07) is 7.69. The molecule has 0 aromatic heterocycles. The minimum absolute atomic E-state index is 0.0360. The maximum atomic E-state index is 12.3. The summed E-state index contributed by atoms with van der Waals surface area (Å²) in [5, 5.41) is 9.21. The van der Waals surface area contributed by atoms with Crippen LogP contribution in [0.1, 0.15) is 38.3 Å². The van der Waals surface area contributed by atoms with Crippen molar-refractivity contribution in [1.29, 1.82) is 0 Å². The molecule has 2 aliphatic rings. The Morgan fingerprint density at radius 1 is 1.13 bits per heavy atom. The molecule has 124 valence electrons. The molecule has 23 heavy (non-hydrogen) atoms. The largest absolute Gasteiger partial charge is 0.349 e. The molecule has 1 aromatic rings. The fourth-order valence-corrected chi connectivity index (χ4v) is 2.75. The van der Waals surface area contributed by atoms with Crippen LogP contribution in [-0.4, -0.2) is 24.9 Å². The zero-order valence-corrected chi connectivity index (χ0v) is 13.8. The highest BCUT2D eigenvalue weighted by atomic mass is 16.2. The number of hydrogen-bond donors (Lipinski definition) is 3. The molecule has 3 N–H and O–H groups in total. The van der Waals surface area contributed by atoms with Crippen molar-refractivity contribution >= 4 is 17.5 Å². The predicted octanol–water partition coefficient (Wildman–Crippen LogP) is 2.07. The van der Waals surface area contributed by atoms with E-state index in [2.05, 4.69) is 16.0 Å². The highest BCUT2D eigenvalue weighted by molar-refractivity contribution is 5.94. The zero-order valence-electron chi connectivity index (χ0n) is 13.8. The van der Waals surface area contributed by atoms with Crippen LogP contribution in [-0.2, 0) is 9.59 Å². The molecule has 5 heteroatoms. The molecule has 1 heterocycles. The topological polar surface area (TPSA) is 70.2 Å². The van der Waals surface area contributed by atoms with Crippen LogP contribution in [0.25, 0.3) is 0 Å². The lowest BCUT2D eigenvalue weighted by Crippen LogP contribution is -2.49. The number of carbonyl (C=O) groups is 2. The molecule has 2 unspecified atom stereocenters. The third-order valence-electron chi connectivity index (χ3n) is 4.92. The Morgan fingerprint density at radius 3 is 2.30 bits per heavy atom. The van der Waals surface area contributed by atoms with E-state index in [9.17, 15) is 9.59 Å². The lowest BCUT2D eigenvalue weighted by atomic mass is 9.88. The minimum atomic E-state index is -0.0360. The van der Waals surface area contributed by atoms with Gasteiger partial charge in [0.25, 0.3) is 0 Å². The second-order valence-corrected chi connectivity index (χ2v) is 6.82. The highest BCUT2D eigenvalue weighted by Crippen LogP contribution is 2.30. The van der Waals surface area contributed by atoms with E-state index < -0.39 is 0 Å². The average Bonchev–Trinajstić information content (AvgIpc) is 3.30. The Labute approximate surface area is 137 Å². The van der Waals surface area contributed by atoms with Gasteiger partial charge in [-0.05, 0) is 56.5 Å². The van der Waals surface area contributed by atoms with E-state index >= 15 is 0 Å². The molecule has 3 rings (SSSR count). The average molecular weight is 315 g/mol. The van der Waals surface area contributed by atoms with Gasteiger partial charge in [0.1, 0.15) is 0 Å². The molecule has 1 saturated carbocycles. The highest BCUT2D eigenvalue weighted by Gasteiger charge is 2.30. The smallest absolute Gasteiger partial charge is 0.227 e. The predicted molar refractivity (Wildman–Crippen MR) is 89.9 cm³/mol. The van der Waals surface area contributed by atoms with Crippen LogP contribution in [0.3, 0.4) is 0 Å². The summed E-state index contributed by atoms with van der Waals surface area (Å²) < 4.78 is 0. The van der Waals surface area contributed by atoms with Gasteiger partial charge in [-0.3, -0.25) is 9.59 Å². The Kier molecular flexibility index (Phi) is 4.66. The van der Waals surface area contributed by atoms with Gasteiger partial charge < -0.3 is 16.0 Å². The lowest BCUT2D eigenvalue weighted by molar-refractivity contribution is -0.127. The first-order valence-corrected chi connectivity index (χ1v) is 8.46. The number of nitrogens with one attached hydrogen (secondary N) is 3. The molecule has 1 saturated heterocycles. The van der Waals surface area contributed by atoms with E-state index in [1.807, 2.05) is 38.1 Å². The van der Waals surface area contributed by atoms with Crippen molar-refractivity contribution in [3.63, 3.8) is 0 Å². The summed E-state index contributed by atoms with van der Waals surface area (Å²) >= 11 is 0. The molecular formula is C18H25N3O2. The number of benzene rings is 1. The van der Waals surface area contributed by atoms with Crippen LogP contribution in [0.4, 0.5) is 5.69 Å². The van der Waals surface area contributed by atoms with Crippen LogP contribution in [0.2, 0.25) is 0 Å². The first kappa shape index (κ1) is 16.0. The third-order valence-corrected chi connectivity index (χ3v) is 4.92. The van der Waals surface area contributed by atoms with E-state index in [-0.39, 0.29) is 29.7 Å². The van der Waals surface area contributed by atoms with Gasteiger partial charge in [0.05, 0.1) is 6.04 Å². The molecule has 0 radical (unpaired) electrons. The second kappa shape index (κ2) is 6.71. The maximum absolute atomic E-state index is 12.3. The van der Waals surface area contributed by atoms with E-state index in [0.717, 1.165) is 37.2 Å². The van der Waals surface area contributed by atoms with Crippen molar-refractivity contribution in [1.82, 2.24) is 10.6 Å². The van der Waals surface area contributed by atoms with Crippen molar-refractivity contribution in [2.75, 3.05) is 18.4 Å². The molecule has 0 spiro atoms. The Balaban J connectivity index is 1.53. The first-order valence-electron chi connectivity index (χ1n) is 8.46. The SMILES string of the molecule is CC(NC(=O)C(C)C1CNC1)c1ccc(NC(=O)C2CC2)cc1. The van der Waals surface area contributed by atoms with Crippen molar-refractivity contribution in [2.24, 2.45) is 17.8 Å². The van der Waals surface area contributed by atoms with Gasteiger partial charge in [0.2, 0.25) is 11.8 Å². The summed E-state index contributed by atoms with van der Waals surface area (Å²) in [4.78, 5) is 24.0. The summed E-state index contributed by atoms with van der Waals surface area (Å²) in [5.41, 5.74) is 1.86. The monoisotopic (exact) mass is 315 g/mol. The van der Waals surface area contributed by atoms with Gasteiger partial charge in [0, 0.05) is 17.5 Å². The van der Waals surface area contributed by atoms with Gasteiger partial charge in [0.15, 0.2) is 0 Å². The number of amides is 2. The quantitative estimate of drug-likeness (QED) is 0.752. The summed E-state index contributed by atoms with van der Waals surface area (Å²) in [7, 11) is 0. The Bertz CT molecular complexity index is 576. The summed E-state index contributed by atoms with van der Waals surface area (Å²) in [6.45, 7) is 5.84. The molecule has 2 amide bonds. The molecule has 1 aromatic carbocycles. The first-order chi connectivity index (χ1) is 11.0. The molecule has 0 bridgehead atoms. The third kappa shape index (κ3) is 3.91. The van der Waals surface area contributed by atoms with Gasteiger partial charge in [-0.1, -0.05) is 19.1 Å². The minimum Gasteiger partial charge on any atom is -0.349 e. The standard InChI is InChI=1S/C18H25N3O2/c1-11(15-9-19-10-15)17(22)20-12(2)13-5-7-16(8-6-13)21-18(23)14-3-4-14/h5-8,11-12,14-15,19H,3-4,9-10H2,1-2H3,(H,20,22)(H,21,23). The summed E-state index contributed by atoms with van der Waals surface area (Å²) in [6.07, 6.45) is 2.00. The van der Waals surface area contributed by atoms with Crippen molar-refractivity contribution in [3.05, 3.63) is 29.8 Å². The number of anilines is 1.